The molecule has 0 saturated carbocycles. The Labute approximate surface area is 638 Å². The predicted molar refractivity (Wildman–Crippen MR) is 393 cm³/mol. The van der Waals surface area contributed by atoms with Crippen molar-refractivity contribution in [3.63, 3.8) is 0 Å². The van der Waals surface area contributed by atoms with E-state index in [9.17, 15) is 26.3 Å². The number of alkyl halides is 6. The van der Waals surface area contributed by atoms with Crippen LogP contribution in [0.15, 0.2) is 243 Å². The van der Waals surface area contributed by atoms with Crippen LogP contribution < -0.4 is 9.47 Å². The number of fused-ring (bicyclic) bond motifs is 4. The molecule has 0 spiro atoms. The van der Waals surface area contributed by atoms with Crippen molar-refractivity contribution in [2.24, 2.45) is 0 Å². The Kier molecular flexibility index (Phi) is 28.8. The number of benzene rings is 10. The maximum atomic E-state index is 10.7. The van der Waals surface area contributed by atoms with Crippen LogP contribution in [0.1, 0.15) is 39.5 Å². The van der Waals surface area contributed by atoms with E-state index in [0.29, 0.717) is 0 Å². The van der Waals surface area contributed by atoms with Crippen molar-refractivity contribution in [3.05, 3.63) is 281 Å². The van der Waals surface area contributed by atoms with Gasteiger partial charge < -0.3 is 39.0 Å². The first-order chi connectivity index (χ1) is 49.3. The van der Waals surface area contributed by atoms with E-state index in [1.165, 1.54) is 68.8 Å². The molecule has 548 valence electrons. The van der Waals surface area contributed by atoms with Gasteiger partial charge in [0.15, 0.2) is 0 Å². The minimum Gasteiger partial charge on any atom is -0.508 e. The first kappa shape index (κ1) is 81.4. The molecule has 0 unspecified atom stereocenters. The van der Waals surface area contributed by atoms with E-state index in [1.54, 1.807) is 14.2 Å². The van der Waals surface area contributed by atoms with Crippen LogP contribution in [0, 0.1) is 37.6 Å². The fourth-order valence-corrected chi connectivity index (χ4v) is 10.8. The van der Waals surface area contributed by atoms with Crippen molar-refractivity contribution in [2.75, 3.05) is 34.0 Å². The number of halogens is 6. The van der Waals surface area contributed by atoms with E-state index >= 15 is 0 Å². The van der Waals surface area contributed by atoms with Gasteiger partial charge in [-0.1, -0.05) is 194 Å². The molecule has 0 aliphatic carbocycles. The zero-order valence-corrected chi connectivity index (χ0v) is 62.9. The van der Waals surface area contributed by atoms with Crippen molar-refractivity contribution >= 4 is 63.3 Å². The third-order valence-corrected chi connectivity index (χ3v) is 17.4. The van der Waals surface area contributed by atoms with E-state index in [1.807, 2.05) is 72.8 Å². The average molecular weight is 1830 g/mol. The molecule has 24 heteroatoms. The molecular weight excluding hydrogens is 1760 g/mol. The predicted octanol–water partition coefficient (Wildman–Crippen LogP) is 19.7. The van der Waals surface area contributed by atoms with Crippen LogP contribution in [-0.2, 0) is 65.0 Å². The summed E-state index contributed by atoms with van der Waals surface area (Å²) in [6, 6.07) is 88.6. The molecule has 0 saturated heterocycles. The number of pyridine rings is 2. The topological polar surface area (TPSA) is 166 Å². The second kappa shape index (κ2) is 37.1. The number of methoxy groups -OCH3 is 2. The summed E-state index contributed by atoms with van der Waals surface area (Å²) in [5.74, 6) is 1.67. The fourth-order valence-electron chi connectivity index (χ4n) is 10.8. The minimum absolute atomic E-state index is 0. The maximum absolute atomic E-state index is 10.7. The molecular formula is C81H70Au2F6N6O8S2. The summed E-state index contributed by atoms with van der Waals surface area (Å²) in [7, 11) is -8.31. The minimum atomic E-state index is -5.84. The zero-order chi connectivity index (χ0) is 73.3. The van der Waals surface area contributed by atoms with Crippen molar-refractivity contribution in [1.82, 2.24) is 29.6 Å². The normalized spacial score (nSPS) is 12.6. The van der Waals surface area contributed by atoms with Crippen molar-refractivity contribution < 1.29 is 107 Å². The number of unbranched alkanes of at least 4 members (excludes halogenated alkanes) is 2. The van der Waals surface area contributed by atoms with Crippen molar-refractivity contribution in [1.29, 1.82) is 0 Å². The summed E-state index contributed by atoms with van der Waals surface area (Å²) in [5, 5.41) is 9.36. The van der Waals surface area contributed by atoms with Gasteiger partial charge in [0.25, 0.3) is 0 Å². The van der Waals surface area contributed by atoms with Crippen LogP contribution in [0.25, 0.3) is 110 Å². The smallest absolute Gasteiger partial charge is 0.508 e. The molecule has 2 aliphatic rings. The van der Waals surface area contributed by atoms with Gasteiger partial charge in [-0.2, -0.15) is 56.5 Å². The summed E-state index contributed by atoms with van der Waals surface area (Å²) in [6.45, 7) is 12.0. The van der Waals surface area contributed by atoms with Crippen LogP contribution in [0.2, 0.25) is 0 Å². The van der Waals surface area contributed by atoms with Crippen LogP contribution in [0.5, 0.6) is 11.5 Å². The molecule has 2 aromatic heterocycles. The molecule has 105 heavy (non-hydrogen) atoms. The summed E-state index contributed by atoms with van der Waals surface area (Å²) in [4.78, 5) is 19.1. The number of rotatable bonds is 16. The van der Waals surface area contributed by atoms with Gasteiger partial charge in [0.05, 0.1) is 14.2 Å². The summed E-state index contributed by atoms with van der Waals surface area (Å²) in [5.41, 5.74) is 0.730. The third-order valence-electron chi connectivity index (χ3n) is 16.3. The van der Waals surface area contributed by atoms with Crippen LogP contribution >= 0.6 is 0 Å². The largest absolute Gasteiger partial charge is 3.00 e. The van der Waals surface area contributed by atoms with Gasteiger partial charge >= 0.3 is 76.0 Å². The quantitative estimate of drug-likeness (QED) is 0.0308. The van der Waals surface area contributed by atoms with Crippen LogP contribution in [-0.4, -0.2) is 101 Å². The van der Waals surface area contributed by atoms with Gasteiger partial charge in [0, 0.05) is 6.67 Å². The molecule has 0 bridgehead atoms. The van der Waals surface area contributed by atoms with E-state index in [2.05, 4.69) is 241 Å². The fraction of sp³-hybridized carbons (Fsp3) is 0.160. The number of aromatic nitrogens is 2. The SMILES string of the molecule is CCCCN1C=CN(CN2C=CN(CCCC)[CH-]2)[CH-]1.COc1ccc(-c2cc(-c3[c-]cc4ccccc4c3)nc(-c3[c-]cc4ccccc4c3)c2)cc1.COc1ccc(-c2cc(-c3[c-]cc4ccccc4c3)nc(-c3[c-]cc4ccccc4c3)c2)cc1.O=S(=O)(O)C(F)(F)F.O=S(=O)(O)C(F)(F)F.[Au+3].[Au+3]. The molecule has 12 aromatic rings. The summed E-state index contributed by atoms with van der Waals surface area (Å²) in [6.07, 6.45) is 13.6. The number of ether oxygens (including phenoxy) is 2. The average Bonchev–Trinajstić information content (AvgIpc) is 1.03. The first-order valence-electron chi connectivity index (χ1n) is 32.5. The molecule has 0 atom stereocenters. The second-order valence-corrected chi connectivity index (χ2v) is 26.5. The molecule has 0 amide bonds. The summed E-state index contributed by atoms with van der Waals surface area (Å²) < 4.78 is 126. The van der Waals surface area contributed by atoms with E-state index < -0.39 is 31.3 Å². The van der Waals surface area contributed by atoms with Gasteiger partial charge in [-0.15, -0.1) is 117 Å². The molecule has 10 aromatic carbocycles. The zero-order valence-electron chi connectivity index (χ0n) is 56.9. The molecule has 2 aliphatic heterocycles. The monoisotopic (exact) mass is 1830 g/mol. The van der Waals surface area contributed by atoms with E-state index in [4.69, 9.17) is 45.4 Å². The Morgan fingerprint density at radius 3 is 0.876 bits per heavy atom. The molecule has 0 radical (unpaired) electrons. The molecule has 0 fully saturated rings. The van der Waals surface area contributed by atoms with Crippen LogP contribution in [0.3, 0.4) is 0 Å². The van der Waals surface area contributed by atoms with Gasteiger partial charge in [0.2, 0.25) is 0 Å². The van der Waals surface area contributed by atoms with Gasteiger partial charge in [-0.3, -0.25) is 9.11 Å². The van der Waals surface area contributed by atoms with Gasteiger partial charge in [-0.05, 0) is 120 Å². The first-order valence-corrected chi connectivity index (χ1v) is 35.4. The third kappa shape index (κ3) is 22.4. The Bertz CT molecular complexity index is 4680. The Morgan fingerprint density at radius 1 is 0.390 bits per heavy atom. The molecule has 2 N–H and O–H groups in total. The Hall–Kier alpha value is -9.30. The van der Waals surface area contributed by atoms with Crippen molar-refractivity contribution in [2.45, 2.75) is 50.5 Å². The number of nitrogens with zero attached hydrogens (tertiary/aromatic N) is 6. The molecule has 4 heterocycles. The maximum Gasteiger partial charge on any atom is 3.00 e. The Morgan fingerprint density at radius 2 is 0.638 bits per heavy atom. The Balaban J connectivity index is 0.000000184. The van der Waals surface area contributed by atoms with E-state index in [-0.39, 0.29) is 44.8 Å². The summed E-state index contributed by atoms with van der Waals surface area (Å²) >= 11 is 0. The number of hydrogen-bond acceptors (Lipinski definition) is 12. The van der Waals surface area contributed by atoms with Crippen molar-refractivity contribution in [3.8, 4) is 78.8 Å². The second-order valence-electron chi connectivity index (χ2n) is 23.6. The van der Waals surface area contributed by atoms with Crippen LogP contribution in [0.4, 0.5) is 26.3 Å². The standard InChI is InChI=1S/2C32H21NO.C15H26N4.2CHF3O3S.2Au/c2*1-34-30-16-14-24(15-17-30)29-20-31(27-12-10-22-6-2-4-8-25(22)18-27)33-32(21-29)28-13-11-23-7-3-5-9-26(23)19-28;1-3-5-7-16-9-11-18(13-16)15-19-12-10-17(14-19)8-6-4-2;2*2-1(3,4)8(5,6)7;;/h2*2-11,14-21H,1H3;9-14H,3-8,15H2,1-2H3;2*(H,5,6,7);;/q3*-2;;;2*+3. The number of hydrogen-bond donors (Lipinski definition) is 2. The van der Waals surface area contributed by atoms with Gasteiger partial charge in [0.1, 0.15) is 11.5 Å². The van der Waals surface area contributed by atoms with E-state index in [0.717, 1.165) is 98.5 Å². The molecule has 14 nitrogen and oxygen atoms in total. The van der Waals surface area contributed by atoms with Gasteiger partial charge in [-0.25, -0.2) is 0 Å². The molecule has 14 rings (SSSR count).